The van der Waals surface area contributed by atoms with E-state index in [0.29, 0.717) is 5.91 Å². The lowest BCUT2D eigenvalue weighted by Crippen LogP contribution is -2.44. The Morgan fingerprint density at radius 1 is 1.05 bits per heavy atom. The highest BCUT2D eigenvalue weighted by Gasteiger charge is 2.30. The second kappa shape index (κ2) is 9.35. The number of rotatable bonds is 7. The van der Waals surface area contributed by atoms with Crippen LogP contribution in [0.1, 0.15) is 71.6 Å². The van der Waals surface area contributed by atoms with Gasteiger partial charge in [0.1, 0.15) is 0 Å². The topological polar surface area (TPSA) is 46.3 Å². The fraction of sp³-hybridized carbons (Fsp3) is 0.938. The van der Waals surface area contributed by atoms with Crippen LogP contribution in [0, 0.1) is 5.92 Å². The molecule has 2 N–H and O–H groups in total. The SMILES string of the molecule is CCCCN(CCCC)C(=O)C1CCCCCC1N. The molecule has 2 unspecified atom stereocenters. The van der Waals surface area contributed by atoms with Crippen LogP contribution in [0.3, 0.4) is 0 Å². The van der Waals surface area contributed by atoms with Crippen molar-refractivity contribution in [1.82, 2.24) is 4.90 Å². The average Bonchev–Trinajstić information content (AvgIpc) is 2.63. The number of nitrogens with two attached hydrogens (primary N) is 1. The van der Waals surface area contributed by atoms with E-state index in [1.54, 1.807) is 0 Å². The number of hydrogen-bond donors (Lipinski definition) is 1. The number of carbonyl (C=O) groups excluding carboxylic acids is 1. The molecule has 112 valence electrons. The van der Waals surface area contributed by atoms with Crippen molar-refractivity contribution in [3.8, 4) is 0 Å². The van der Waals surface area contributed by atoms with E-state index in [4.69, 9.17) is 5.73 Å². The molecule has 1 amide bonds. The van der Waals surface area contributed by atoms with E-state index >= 15 is 0 Å². The van der Waals surface area contributed by atoms with Gasteiger partial charge in [0.15, 0.2) is 0 Å². The first-order valence-corrected chi connectivity index (χ1v) is 8.25. The maximum absolute atomic E-state index is 12.7. The van der Waals surface area contributed by atoms with Gasteiger partial charge >= 0.3 is 0 Å². The molecule has 0 saturated heterocycles. The lowest BCUT2D eigenvalue weighted by molar-refractivity contribution is -0.136. The Kier molecular flexibility index (Phi) is 8.11. The summed E-state index contributed by atoms with van der Waals surface area (Å²) in [5.74, 6) is 0.410. The summed E-state index contributed by atoms with van der Waals surface area (Å²) in [7, 11) is 0. The molecule has 19 heavy (non-hydrogen) atoms. The largest absolute Gasteiger partial charge is 0.342 e. The summed E-state index contributed by atoms with van der Waals surface area (Å²) < 4.78 is 0. The minimum absolute atomic E-state index is 0.0798. The van der Waals surface area contributed by atoms with Crippen LogP contribution in [-0.2, 0) is 4.79 Å². The number of amides is 1. The molecule has 1 saturated carbocycles. The molecule has 1 rings (SSSR count). The Bertz CT molecular complexity index is 247. The van der Waals surface area contributed by atoms with Gasteiger partial charge in [-0.15, -0.1) is 0 Å². The molecule has 0 aromatic heterocycles. The van der Waals surface area contributed by atoms with Crippen molar-refractivity contribution in [1.29, 1.82) is 0 Å². The molecule has 1 aliphatic carbocycles. The molecule has 0 aromatic rings. The van der Waals surface area contributed by atoms with E-state index in [-0.39, 0.29) is 12.0 Å². The maximum Gasteiger partial charge on any atom is 0.227 e. The van der Waals surface area contributed by atoms with Gasteiger partial charge in [0.2, 0.25) is 5.91 Å². The van der Waals surface area contributed by atoms with Gasteiger partial charge in [-0.1, -0.05) is 46.0 Å². The van der Waals surface area contributed by atoms with Gasteiger partial charge in [0.25, 0.3) is 0 Å². The zero-order valence-corrected chi connectivity index (χ0v) is 12.9. The molecule has 0 spiro atoms. The van der Waals surface area contributed by atoms with Gasteiger partial charge < -0.3 is 10.6 Å². The quantitative estimate of drug-likeness (QED) is 0.720. The third-order valence-electron chi connectivity index (χ3n) is 4.26. The second-order valence-corrected chi connectivity index (χ2v) is 5.94. The van der Waals surface area contributed by atoms with E-state index in [9.17, 15) is 4.79 Å². The van der Waals surface area contributed by atoms with Gasteiger partial charge in [-0.3, -0.25) is 4.79 Å². The zero-order chi connectivity index (χ0) is 14.1. The van der Waals surface area contributed by atoms with Gasteiger partial charge in [0.05, 0.1) is 5.92 Å². The smallest absolute Gasteiger partial charge is 0.227 e. The highest BCUT2D eigenvalue weighted by atomic mass is 16.2. The van der Waals surface area contributed by atoms with Crippen molar-refractivity contribution in [2.45, 2.75) is 77.7 Å². The summed E-state index contributed by atoms with van der Waals surface area (Å²) in [6.45, 7) is 6.19. The average molecular weight is 268 g/mol. The third-order valence-corrected chi connectivity index (χ3v) is 4.26. The van der Waals surface area contributed by atoms with Crippen molar-refractivity contribution in [3.05, 3.63) is 0 Å². The molecule has 3 heteroatoms. The van der Waals surface area contributed by atoms with Crippen LogP contribution >= 0.6 is 0 Å². The summed E-state index contributed by atoms with van der Waals surface area (Å²) in [6, 6.07) is 0.0840. The predicted octanol–water partition coefficient (Wildman–Crippen LogP) is 3.32. The molecule has 0 radical (unpaired) electrons. The number of unbranched alkanes of at least 4 members (excludes halogenated alkanes) is 2. The molecule has 3 nitrogen and oxygen atoms in total. The van der Waals surface area contributed by atoms with Crippen LogP contribution in [0.15, 0.2) is 0 Å². The molecule has 0 aromatic carbocycles. The lowest BCUT2D eigenvalue weighted by atomic mass is 9.93. The Morgan fingerprint density at radius 3 is 2.21 bits per heavy atom. The highest BCUT2D eigenvalue weighted by Crippen LogP contribution is 2.24. The zero-order valence-electron chi connectivity index (χ0n) is 12.9. The van der Waals surface area contributed by atoms with Crippen molar-refractivity contribution in [2.24, 2.45) is 11.7 Å². The molecule has 0 aliphatic heterocycles. The Morgan fingerprint density at radius 2 is 1.63 bits per heavy atom. The first-order chi connectivity index (χ1) is 9.20. The van der Waals surface area contributed by atoms with Crippen molar-refractivity contribution >= 4 is 5.91 Å². The predicted molar refractivity (Wildman–Crippen MR) is 80.9 cm³/mol. The molecule has 2 atom stereocenters. The first-order valence-electron chi connectivity index (χ1n) is 8.25. The summed E-state index contributed by atoms with van der Waals surface area (Å²) in [5.41, 5.74) is 6.23. The Labute approximate surface area is 118 Å². The van der Waals surface area contributed by atoms with Crippen molar-refractivity contribution in [3.63, 3.8) is 0 Å². The summed E-state index contributed by atoms with van der Waals surface area (Å²) in [6.07, 6.45) is 10.1. The van der Waals surface area contributed by atoms with E-state index in [1.165, 1.54) is 19.3 Å². The van der Waals surface area contributed by atoms with E-state index in [0.717, 1.165) is 51.6 Å². The second-order valence-electron chi connectivity index (χ2n) is 5.94. The Hall–Kier alpha value is -0.570. The van der Waals surface area contributed by atoms with Crippen LogP contribution in [0.5, 0.6) is 0 Å². The van der Waals surface area contributed by atoms with Gasteiger partial charge in [0, 0.05) is 19.1 Å². The maximum atomic E-state index is 12.7. The van der Waals surface area contributed by atoms with Crippen LogP contribution in [-0.4, -0.2) is 29.9 Å². The van der Waals surface area contributed by atoms with Crippen molar-refractivity contribution < 1.29 is 4.79 Å². The molecule has 1 aliphatic rings. The first kappa shape index (κ1) is 16.5. The van der Waals surface area contributed by atoms with Gasteiger partial charge in [-0.05, 0) is 25.7 Å². The molecular weight excluding hydrogens is 236 g/mol. The molecule has 1 fully saturated rings. The van der Waals surface area contributed by atoms with Gasteiger partial charge in [-0.25, -0.2) is 0 Å². The monoisotopic (exact) mass is 268 g/mol. The van der Waals surface area contributed by atoms with Crippen LogP contribution in [0.2, 0.25) is 0 Å². The summed E-state index contributed by atoms with van der Waals surface area (Å²) >= 11 is 0. The Balaban J connectivity index is 2.60. The summed E-state index contributed by atoms with van der Waals surface area (Å²) in [5, 5.41) is 0. The van der Waals surface area contributed by atoms with Crippen LogP contribution in [0.4, 0.5) is 0 Å². The summed E-state index contributed by atoms with van der Waals surface area (Å²) in [4.78, 5) is 14.8. The normalized spacial score (nSPS) is 23.9. The molecule has 0 heterocycles. The fourth-order valence-electron chi connectivity index (χ4n) is 2.91. The number of carbonyl (C=O) groups is 1. The number of nitrogens with zero attached hydrogens (tertiary/aromatic N) is 1. The van der Waals surface area contributed by atoms with Gasteiger partial charge in [-0.2, -0.15) is 0 Å². The fourth-order valence-corrected chi connectivity index (χ4v) is 2.91. The minimum atomic E-state index is 0.0798. The minimum Gasteiger partial charge on any atom is -0.342 e. The van der Waals surface area contributed by atoms with Crippen LogP contribution in [0.25, 0.3) is 0 Å². The molecule has 0 bridgehead atoms. The van der Waals surface area contributed by atoms with E-state index in [2.05, 4.69) is 18.7 Å². The number of hydrogen-bond acceptors (Lipinski definition) is 2. The highest BCUT2D eigenvalue weighted by molar-refractivity contribution is 5.79. The lowest BCUT2D eigenvalue weighted by Gasteiger charge is -2.29. The van der Waals surface area contributed by atoms with Crippen molar-refractivity contribution in [2.75, 3.05) is 13.1 Å². The molecular formula is C16H32N2O. The van der Waals surface area contributed by atoms with Crippen LogP contribution < -0.4 is 5.73 Å². The van der Waals surface area contributed by atoms with E-state index < -0.39 is 0 Å². The van der Waals surface area contributed by atoms with E-state index in [1.807, 2.05) is 0 Å². The standard InChI is InChI=1S/C16H32N2O/c1-3-5-12-18(13-6-4-2)16(19)14-10-8-7-9-11-15(14)17/h14-15H,3-13,17H2,1-2H3. The third kappa shape index (κ3) is 5.52.